The Morgan fingerprint density at radius 3 is 2.35 bits per heavy atom. The summed E-state index contributed by atoms with van der Waals surface area (Å²) in [4.78, 5) is 55.5. The summed E-state index contributed by atoms with van der Waals surface area (Å²) in [5.74, 6) is -2.57. The zero-order valence-corrected chi connectivity index (χ0v) is 31.5. The number of carbonyl (C=O) groups excluding carboxylic acids is 3. The number of ether oxygens (including phenoxy) is 3. The number of esters is 1. The molecular formula is C39H61N3O10. The zero-order valence-electron chi connectivity index (χ0n) is 31.5. The topological polar surface area (TPSA) is 166 Å². The van der Waals surface area contributed by atoms with E-state index in [1.807, 2.05) is 32.9 Å². The fraction of sp³-hybridized carbons (Fsp3) is 0.744. The number of aliphatic hydroxyl groups is 2. The molecule has 3 N–H and O–H groups in total. The standard InChI is InChI=1S/C39H61N3O10/c1-27(26-50-37(47)42-19-17-30(25-42)36(45)46)10-9-11-28(2)35-29(3)14-15-33(39(4,49)18-16-32(43)24-34(44)52-35)51-38(48)41-22-20-40(21-23-41)31-12-7-5-6-8-13-31/h9-11,14-15,27,29-33,35,43,49H,5-8,12-13,16-26H2,1-4H3,(H,45,46)/b10-9+,15-14-,28-11+/t27-,29+,30+,32+,33+,35-,39+/m1/s1. The van der Waals surface area contributed by atoms with Crippen LogP contribution in [-0.4, -0.2) is 130 Å². The van der Waals surface area contributed by atoms with Gasteiger partial charge in [0.1, 0.15) is 11.7 Å². The molecule has 0 radical (unpaired) electrons. The number of carboxylic acid groups (broad SMARTS) is 1. The van der Waals surface area contributed by atoms with Gasteiger partial charge in [-0.15, -0.1) is 0 Å². The number of hydrogen-bond donors (Lipinski definition) is 3. The first-order chi connectivity index (χ1) is 24.7. The Labute approximate surface area is 308 Å². The van der Waals surface area contributed by atoms with Crippen molar-refractivity contribution < 1.29 is 48.7 Å². The lowest BCUT2D eigenvalue weighted by atomic mass is 9.89. The van der Waals surface area contributed by atoms with Gasteiger partial charge in [0.25, 0.3) is 0 Å². The van der Waals surface area contributed by atoms with Gasteiger partial charge >= 0.3 is 24.1 Å². The summed E-state index contributed by atoms with van der Waals surface area (Å²) in [6.45, 7) is 10.5. The van der Waals surface area contributed by atoms with Gasteiger partial charge in [0.05, 0.1) is 25.0 Å². The lowest BCUT2D eigenvalue weighted by Crippen LogP contribution is -2.53. The second kappa shape index (κ2) is 19.6. The van der Waals surface area contributed by atoms with Crippen LogP contribution in [0.4, 0.5) is 9.59 Å². The van der Waals surface area contributed by atoms with Gasteiger partial charge in [0.2, 0.25) is 0 Å². The smallest absolute Gasteiger partial charge is 0.410 e. The maximum absolute atomic E-state index is 13.4. The first-order valence-corrected chi connectivity index (χ1v) is 19.2. The molecule has 0 unspecified atom stereocenters. The molecule has 1 aliphatic carbocycles. The van der Waals surface area contributed by atoms with Crippen LogP contribution in [0.5, 0.6) is 0 Å². The van der Waals surface area contributed by atoms with E-state index in [1.54, 1.807) is 30.1 Å². The van der Waals surface area contributed by atoms with Crippen molar-refractivity contribution in [3.05, 3.63) is 36.0 Å². The van der Waals surface area contributed by atoms with Gasteiger partial charge in [0.15, 0.2) is 6.10 Å². The third kappa shape index (κ3) is 12.3. The van der Waals surface area contributed by atoms with Crippen molar-refractivity contribution in [2.24, 2.45) is 17.8 Å². The van der Waals surface area contributed by atoms with E-state index in [2.05, 4.69) is 4.90 Å². The van der Waals surface area contributed by atoms with Crippen LogP contribution in [0.15, 0.2) is 36.0 Å². The predicted octanol–water partition coefficient (Wildman–Crippen LogP) is 4.91. The molecular weight excluding hydrogens is 670 g/mol. The number of hydrogen-bond acceptors (Lipinski definition) is 10. The van der Waals surface area contributed by atoms with Gasteiger partial charge < -0.3 is 39.3 Å². The number of likely N-dealkylation sites (tertiary alicyclic amines) is 1. The normalized spacial score (nSPS) is 31.9. The lowest BCUT2D eigenvalue weighted by Gasteiger charge is -2.40. The molecule has 2 saturated heterocycles. The van der Waals surface area contributed by atoms with E-state index in [9.17, 15) is 34.5 Å². The highest BCUT2D eigenvalue weighted by molar-refractivity contribution is 5.74. The number of carbonyl (C=O) groups is 4. The minimum absolute atomic E-state index is 0.106. The third-order valence-electron chi connectivity index (χ3n) is 11.0. The molecule has 3 heterocycles. The van der Waals surface area contributed by atoms with E-state index in [4.69, 9.17) is 14.2 Å². The second-order valence-corrected chi connectivity index (χ2v) is 15.5. The average molecular weight is 732 g/mol. The fourth-order valence-electron chi connectivity index (χ4n) is 7.50. The molecule has 52 heavy (non-hydrogen) atoms. The highest BCUT2D eigenvalue weighted by atomic mass is 16.6. The van der Waals surface area contributed by atoms with Crippen molar-refractivity contribution in [2.75, 3.05) is 45.9 Å². The first kappa shape index (κ1) is 41.3. The number of allylic oxidation sites excluding steroid dienone is 2. The molecule has 7 atom stereocenters. The van der Waals surface area contributed by atoms with Crippen LogP contribution < -0.4 is 0 Å². The van der Waals surface area contributed by atoms with Crippen molar-refractivity contribution in [3.8, 4) is 0 Å². The number of aliphatic hydroxyl groups excluding tert-OH is 1. The van der Waals surface area contributed by atoms with Crippen LogP contribution in [0.2, 0.25) is 0 Å². The molecule has 0 aromatic rings. The number of nitrogens with zero attached hydrogens (tertiary/aromatic N) is 3. The quantitative estimate of drug-likeness (QED) is 0.102. The number of aliphatic carboxylic acids is 1. The van der Waals surface area contributed by atoms with Gasteiger partial charge in [-0.05, 0) is 57.6 Å². The van der Waals surface area contributed by atoms with E-state index in [0.717, 1.165) is 18.7 Å². The predicted molar refractivity (Wildman–Crippen MR) is 194 cm³/mol. The summed E-state index contributed by atoms with van der Waals surface area (Å²) in [6.07, 6.45) is 13.1. The summed E-state index contributed by atoms with van der Waals surface area (Å²) in [7, 11) is 0. The fourth-order valence-corrected chi connectivity index (χ4v) is 7.50. The van der Waals surface area contributed by atoms with Gasteiger partial charge in [-0.2, -0.15) is 0 Å². The van der Waals surface area contributed by atoms with Crippen LogP contribution in [0.3, 0.4) is 0 Å². The van der Waals surface area contributed by atoms with Gasteiger partial charge in [-0.25, -0.2) is 9.59 Å². The highest BCUT2D eigenvalue weighted by Crippen LogP contribution is 2.28. The maximum Gasteiger partial charge on any atom is 0.410 e. The minimum atomic E-state index is -1.49. The third-order valence-corrected chi connectivity index (χ3v) is 11.0. The lowest BCUT2D eigenvalue weighted by molar-refractivity contribution is -0.151. The Balaban J connectivity index is 1.38. The molecule has 3 aliphatic heterocycles. The monoisotopic (exact) mass is 731 g/mol. The molecule has 0 bridgehead atoms. The first-order valence-electron chi connectivity index (χ1n) is 19.2. The van der Waals surface area contributed by atoms with Crippen LogP contribution in [0.25, 0.3) is 0 Å². The summed E-state index contributed by atoms with van der Waals surface area (Å²) in [5.41, 5.74) is -0.769. The molecule has 0 aromatic heterocycles. The number of carboxylic acids is 1. The summed E-state index contributed by atoms with van der Waals surface area (Å²) in [6, 6.07) is 0.572. The summed E-state index contributed by atoms with van der Waals surface area (Å²) >= 11 is 0. The minimum Gasteiger partial charge on any atom is -0.481 e. The Morgan fingerprint density at radius 1 is 1.00 bits per heavy atom. The van der Waals surface area contributed by atoms with E-state index in [-0.39, 0.29) is 44.2 Å². The molecule has 1 saturated carbocycles. The van der Waals surface area contributed by atoms with Crippen molar-refractivity contribution in [2.45, 2.75) is 122 Å². The van der Waals surface area contributed by atoms with Crippen molar-refractivity contribution in [1.29, 1.82) is 0 Å². The molecule has 0 aromatic carbocycles. The molecule has 13 heteroatoms. The van der Waals surface area contributed by atoms with Crippen LogP contribution >= 0.6 is 0 Å². The molecule has 13 nitrogen and oxygen atoms in total. The Kier molecular flexibility index (Phi) is 15.6. The van der Waals surface area contributed by atoms with E-state index in [1.165, 1.54) is 43.4 Å². The number of rotatable bonds is 8. The number of piperazine rings is 1. The largest absolute Gasteiger partial charge is 0.481 e. The van der Waals surface area contributed by atoms with E-state index in [0.29, 0.717) is 32.1 Å². The molecule has 292 valence electrons. The maximum atomic E-state index is 13.4. The SMILES string of the molecule is C/C(=C\C=C\[C@@H](C)COC(=O)N1CC[C@H](C(=O)O)C1)[C@H]1OC(=O)C[C@@H](O)CC[C@](C)(O)[C@@H](OC(=O)N2CCN(C3CCCCCC3)CC2)/C=C\[C@@H]1C. The van der Waals surface area contributed by atoms with Crippen LogP contribution in [-0.2, 0) is 23.8 Å². The van der Waals surface area contributed by atoms with Gasteiger partial charge in [0, 0.05) is 57.1 Å². The summed E-state index contributed by atoms with van der Waals surface area (Å²) in [5, 5.41) is 31.4. The van der Waals surface area contributed by atoms with Crippen LogP contribution in [0, 0.1) is 17.8 Å². The molecule has 4 rings (SSSR count). The number of amides is 2. The Morgan fingerprint density at radius 2 is 1.69 bits per heavy atom. The average Bonchev–Trinajstić information content (AvgIpc) is 3.46. The number of cyclic esters (lactones) is 1. The van der Waals surface area contributed by atoms with Gasteiger partial charge in [-0.3, -0.25) is 14.5 Å². The molecule has 2 amide bonds. The van der Waals surface area contributed by atoms with Crippen LogP contribution in [0.1, 0.15) is 91.9 Å². The van der Waals surface area contributed by atoms with Crippen molar-refractivity contribution in [1.82, 2.24) is 14.7 Å². The molecule has 4 aliphatic rings. The highest BCUT2D eigenvalue weighted by Gasteiger charge is 2.37. The second-order valence-electron chi connectivity index (χ2n) is 15.5. The Bertz CT molecular complexity index is 1300. The zero-order chi connectivity index (χ0) is 37.8. The van der Waals surface area contributed by atoms with Gasteiger partial charge in [-0.1, -0.05) is 63.8 Å². The Hall–Kier alpha value is -3.42. The van der Waals surface area contributed by atoms with Crippen molar-refractivity contribution in [3.63, 3.8) is 0 Å². The van der Waals surface area contributed by atoms with Crippen molar-refractivity contribution >= 4 is 24.1 Å². The molecule has 3 fully saturated rings. The summed E-state index contributed by atoms with van der Waals surface area (Å²) < 4.78 is 17.2. The van der Waals surface area contributed by atoms with E-state index >= 15 is 0 Å². The molecule has 0 spiro atoms. The van der Waals surface area contributed by atoms with E-state index < -0.39 is 54.0 Å².